The summed E-state index contributed by atoms with van der Waals surface area (Å²) in [4.78, 5) is 4.19. The van der Waals surface area contributed by atoms with Crippen LogP contribution < -0.4 is 4.72 Å². The Morgan fingerprint density at radius 2 is 2.12 bits per heavy atom. The van der Waals surface area contributed by atoms with E-state index in [9.17, 15) is 8.42 Å². The number of hydrogen-bond donors (Lipinski definition) is 1. The zero-order valence-electron chi connectivity index (χ0n) is 10.2. The largest absolute Gasteiger partial charge is 0.261 e. The number of hydrogen-bond acceptors (Lipinski definition) is 3. The third-order valence-electron chi connectivity index (χ3n) is 2.42. The molecule has 0 aromatic carbocycles. The Kier molecular flexibility index (Phi) is 6.15. The van der Waals surface area contributed by atoms with E-state index < -0.39 is 10.0 Å². The van der Waals surface area contributed by atoms with Crippen molar-refractivity contribution in [2.75, 3.05) is 12.3 Å². The molecule has 96 valence electrons. The number of nitrogens with one attached hydrogen (secondary N) is 1. The molecular formula is C12H20N2O2S. The molecular weight excluding hydrogens is 236 g/mol. The highest BCUT2D eigenvalue weighted by Gasteiger charge is 2.07. The Bertz CT molecular complexity index is 404. The Morgan fingerprint density at radius 3 is 2.76 bits per heavy atom. The van der Waals surface area contributed by atoms with E-state index >= 15 is 0 Å². The van der Waals surface area contributed by atoms with E-state index in [1.54, 1.807) is 6.20 Å². The second-order valence-electron chi connectivity index (χ2n) is 3.99. The van der Waals surface area contributed by atoms with Crippen LogP contribution in [0.2, 0.25) is 0 Å². The second kappa shape index (κ2) is 7.40. The summed E-state index contributed by atoms with van der Waals surface area (Å²) in [6, 6.07) is 5.76. The fraction of sp³-hybridized carbons (Fsp3) is 0.583. The first-order chi connectivity index (χ1) is 8.14. The van der Waals surface area contributed by atoms with Gasteiger partial charge in [0.1, 0.15) is 0 Å². The Hall–Kier alpha value is -0.940. The summed E-state index contributed by atoms with van der Waals surface area (Å²) in [5, 5.41) is 0. The second-order valence-corrected chi connectivity index (χ2v) is 5.92. The predicted molar refractivity (Wildman–Crippen MR) is 69.3 cm³/mol. The maximum atomic E-state index is 11.5. The Morgan fingerprint density at radius 1 is 1.29 bits per heavy atom. The third kappa shape index (κ3) is 6.38. The lowest BCUT2D eigenvalue weighted by molar-refractivity contribution is 0.575. The van der Waals surface area contributed by atoms with Crippen LogP contribution in [0.3, 0.4) is 0 Å². The first-order valence-corrected chi connectivity index (χ1v) is 7.66. The molecule has 0 amide bonds. The van der Waals surface area contributed by atoms with Crippen molar-refractivity contribution in [2.45, 2.75) is 32.6 Å². The lowest BCUT2D eigenvalue weighted by Crippen LogP contribution is -2.27. The number of unbranched alkanes of at least 4 members (excludes halogenated alkanes) is 1. The van der Waals surface area contributed by atoms with Crippen LogP contribution in [0.4, 0.5) is 0 Å². The fourth-order valence-corrected chi connectivity index (χ4v) is 2.72. The van der Waals surface area contributed by atoms with Crippen LogP contribution >= 0.6 is 0 Å². The van der Waals surface area contributed by atoms with Crippen molar-refractivity contribution in [2.24, 2.45) is 0 Å². The molecule has 1 N–H and O–H groups in total. The minimum absolute atomic E-state index is 0.229. The Labute approximate surface area is 104 Å². The van der Waals surface area contributed by atoms with E-state index in [-0.39, 0.29) is 5.75 Å². The summed E-state index contributed by atoms with van der Waals surface area (Å²) in [7, 11) is -3.07. The molecule has 5 heteroatoms. The van der Waals surface area contributed by atoms with Crippen molar-refractivity contribution in [3.05, 3.63) is 30.1 Å². The van der Waals surface area contributed by atoms with Gasteiger partial charge in [0.15, 0.2) is 0 Å². The molecule has 17 heavy (non-hydrogen) atoms. The average molecular weight is 256 g/mol. The quantitative estimate of drug-likeness (QED) is 0.721. The van der Waals surface area contributed by atoms with Crippen LogP contribution in [0.15, 0.2) is 24.4 Å². The number of aromatic nitrogens is 1. The average Bonchev–Trinajstić information content (AvgIpc) is 2.34. The predicted octanol–water partition coefficient (Wildman–Crippen LogP) is 1.73. The molecule has 0 fully saturated rings. The highest BCUT2D eigenvalue weighted by Crippen LogP contribution is 1.98. The van der Waals surface area contributed by atoms with E-state index in [4.69, 9.17) is 0 Å². The van der Waals surface area contributed by atoms with Crippen LogP contribution in [0.25, 0.3) is 0 Å². The van der Waals surface area contributed by atoms with Gasteiger partial charge in [-0.1, -0.05) is 19.4 Å². The van der Waals surface area contributed by atoms with Crippen LogP contribution in [-0.2, 0) is 16.4 Å². The SMILES string of the molecule is CCCCS(=O)(=O)NCCCc1ccccn1. The topological polar surface area (TPSA) is 59.1 Å². The van der Waals surface area contributed by atoms with Crippen molar-refractivity contribution in [1.29, 1.82) is 0 Å². The monoisotopic (exact) mass is 256 g/mol. The van der Waals surface area contributed by atoms with Crippen molar-refractivity contribution < 1.29 is 8.42 Å². The molecule has 0 atom stereocenters. The molecule has 0 saturated carbocycles. The minimum atomic E-state index is -3.07. The van der Waals surface area contributed by atoms with Gasteiger partial charge in [-0.3, -0.25) is 4.98 Å². The molecule has 0 spiro atoms. The van der Waals surface area contributed by atoms with Gasteiger partial charge in [0.2, 0.25) is 10.0 Å². The molecule has 0 aliphatic carbocycles. The van der Waals surface area contributed by atoms with Gasteiger partial charge in [0.25, 0.3) is 0 Å². The number of nitrogens with zero attached hydrogens (tertiary/aromatic N) is 1. The van der Waals surface area contributed by atoms with Crippen LogP contribution in [-0.4, -0.2) is 25.7 Å². The van der Waals surface area contributed by atoms with Gasteiger partial charge < -0.3 is 0 Å². The Balaban J connectivity index is 2.20. The summed E-state index contributed by atoms with van der Waals surface area (Å²) in [6.45, 7) is 2.47. The molecule has 1 aromatic heterocycles. The van der Waals surface area contributed by atoms with Crippen LogP contribution in [0.5, 0.6) is 0 Å². The first kappa shape index (κ1) is 14.1. The van der Waals surface area contributed by atoms with Crippen LogP contribution in [0.1, 0.15) is 31.9 Å². The molecule has 0 bridgehead atoms. The zero-order valence-corrected chi connectivity index (χ0v) is 11.0. The molecule has 0 aliphatic rings. The first-order valence-electron chi connectivity index (χ1n) is 6.01. The number of pyridine rings is 1. The third-order valence-corrected chi connectivity index (χ3v) is 3.89. The summed E-state index contributed by atoms with van der Waals surface area (Å²) < 4.78 is 25.6. The van der Waals surface area contributed by atoms with E-state index in [0.717, 1.165) is 31.4 Å². The van der Waals surface area contributed by atoms with Gasteiger partial charge in [-0.2, -0.15) is 0 Å². The van der Waals surface area contributed by atoms with Gasteiger partial charge in [-0.25, -0.2) is 13.1 Å². The molecule has 0 unspecified atom stereocenters. The van der Waals surface area contributed by atoms with Gasteiger partial charge in [-0.15, -0.1) is 0 Å². The number of aryl methyl sites for hydroxylation is 1. The standard InChI is InChI=1S/C12H20N2O2S/c1-2-3-11-17(15,16)14-10-6-8-12-7-4-5-9-13-12/h4-5,7,9,14H,2-3,6,8,10-11H2,1H3. The summed E-state index contributed by atoms with van der Waals surface area (Å²) in [6.07, 6.45) is 4.95. The smallest absolute Gasteiger partial charge is 0.211 e. The summed E-state index contributed by atoms with van der Waals surface area (Å²) >= 11 is 0. The maximum Gasteiger partial charge on any atom is 0.211 e. The van der Waals surface area contributed by atoms with E-state index in [1.807, 2.05) is 25.1 Å². The fourth-order valence-electron chi connectivity index (χ4n) is 1.45. The molecule has 1 aromatic rings. The summed E-state index contributed by atoms with van der Waals surface area (Å²) in [5.41, 5.74) is 1.00. The highest BCUT2D eigenvalue weighted by molar-refractivity contribution is 7.89. The minimum Gasteiger partial charge on any atom is -0.261 e. The van der Waals surface area contributed by atoms with Crippen molar-refractivity contribution in [1.82, 2.24) is 9.71 Å². The van der Waals surface area contributed by atoms with Gasteiger partial charge >= 0.3 is 0 Å². The molecule has 1 rings (SSSR count). The highest BCUT2D eigenvalue weighted by atomic mass is 32.2. The lowest BCUT2D eigenvalue weighted by atomic mass is 10.2. The molecule has 0 aliphatic heterocycles. The molecule has 1 heterocycles. The molecule has 0 saturated heterocycles. The van der Waals surface area contributed by atoms with Gasteiger partial charge in [0.05, 0.1) is 5.75 Å². The molecule has 0 radical (unpaired) electrons. The van der Waals surface area contributed by atoms with Crippen molar-refractivity contribution in [3.63, 3.8) is 0 Å². The lowest BCUT2D eigenvalue weighted by Gasteiger charge is -2.05. The van der Waals surface area contributed by atoms with E-state index in [0.29, 0.717) is 6.54 Å². The van der Waals surface area contributed by atoms with Crippen molar-refractivity contribution >= 4 is 10.0 Å². The van der Waals surface area contributed by atoms with Gasteiger partial charge in [-0.05, 0) is 31.4 Å². The van der Waals surface area contributed by atoms with Crippen molar-refractivity contribution in [3.8, 4) is 0 Å². The number of rotatable bonds is 8. The number of sulfonamides is 1. The van der Waals surface area contributed by atoms with Crippen LogP contribution in [0, 0.1) is 0 Å². The summed E-state index contributed by atoms with van der Waals surface area (Å²) in [5.74, 6) is 0.229. The van der Waals surface area contributed by atoms with E-state index in [2.05, 4.69) is 9.71 Å². The van der Waals surface area contributed by atoms with Gasteiger partial charge in [0, 0.05) is 18.4 Å². The zero-order chi connectivity index (χ0) is 12.6. The molecule has 4 nitrogen and oxygen atoms in total. The normalized spacial score (nSPS) is 11.6. The maximum absolute atomic E-state index is 11.5. The van der Waals surface area contributed by atoms with E-state index in [1.165, 1.54) is 0 Å².